The van der Waals surface area contributed by atoms with Gasteiger partial charge in [0, 0.05) is 12.2 Å². The molecule has 2 rings (SSSR count). The van der Waals surface area contributed by atoms with E-state index in [1.165, 1.54) is 0 Å². The minimum absolute atomic E-state index is 0.0245. The predicted octanol–water partition coefficient (Wildman–Crippen LogP) is 3.02. The van der Waals surface area contributed by atoms with Gasteiger partial charge in [0.1, 0.15) is 0 Å². The van der Waals surface area contributed by atoms with Crippen LogP contribution in [0.25, 0.3) is 0 Å². The van der Waals surface area contributed by atoms with Crippen LogP contribution in [0.2, 0.25) is 5.02 Å². The Labute approximate surface area is 154 Å². The number of aromatic nitrogens is 1. The summed E-state index contributed by atoms with van der Waals surface area (Å²) in [6.45, 7) is 0.0654. The van der Waals surface area contributed by atoms with E-state index in [2.05, 4.69) is 10.3 Å². The van der Waals surface area contributed by atoms with Crippen LogP contribution in [0.15, 0.2) is 12.3 Å². The zero-order chi connectivity index (χ0) is 19.5. The minimum Gasteiger partial charge on any atom is -0.349 e. The van der Waals surface area contributed by atoms with Gasteiger partial charge in [-0.1, -0.05) is 11.6 Å². The molecule has 1 aliphatic rings. The molecule has 0 saturated heterocycles. The summed E-state index contributed by atoms with van der Waals surface area (Å²) >= 11 is 5.67. The largest absolute Gasteiger partial charge is 0.434 e. The Morgan fingerprint density at radius 1 is 1.35 bits per heavy atom. The molecule has 1 saturated carbocycles. The highest BCUT2D eigenvalue weighted by Gasteiger charge is 2.37. The molecule has 146 valence electrons. The molecule has 26 heavy (non-hydrogen) atoms. The second-order valence-corrected chi connectivity index (χ2v) is 8.31. The molecular weight excluding hydrogens is 397 g/mol. The molecular formula is C15H18ClF3N2O4S. The molecule has 0 unspecified atom stereocenters. The average Bonchev–Trinajstić information content (AvgIpc) is 2.52. The highest BCUT2D eigenvalue weighted by atomic mass is 35.5. The van der Waals surface area contributed by atoms with E-state index in [-0.39, 0.29) is 23.6 Å². The molecule has 0 spiro atoms. The Balaban J connectivity index is 1.97. The highest BCUT2D eigenvalue weighted by Crippen LogP contribution is 2.32. The van der Waals surface area contributed by atoms with Gasteiger partial charge in [-0.3, -0.25) is 8.98 Å². The van der Waals surface area contributed by atoms with Crippen LogP contribution in [0, 0.1) is 5.92 Å². The van der Waals surface area contributed by atoms with Crippen LogP contribution >= 0.6 is 11.6 Å². The first kappa shape index (κ1) is 20.9. The van der Waals surface area contributed by atoms with Crippen molar-refractivity contribution in [2.24, 2.45) is 5.92 Å². The Bertz CT molecular complexity index is 763. The molecule has 0 bridgehead atoms. The molecule has 1 amide bonds. The third-order valence-corrected chi connectivity index (χ3v) is 4.84. The quantitative estimate of drug-likeness (QED) is 0.748. The topological polar surface area (TPSA) is 85.4 Å². The fraction of sp³-hybridized carbons (Fsp3) is 0.600. The van der Waals surface area contributed by atoms with Gasteiger partial charge in [0.05, 0.1) is 23.4 Å². The predicted molar refractivity (Wildman–Crippen MR) is 88.3 cm³/mol. The lowest BCUT2D eigenvalue weighted by Crippen LogP contribution is -2.39. The number of nitrogens with zero attached hydrogens (tertiary/aromatic N) is 1. The lowest BCUT2D eigenvalue weighted by Gasteiger charge is -2.28. The van der Waals surface area contributed by atoms with Crippen molar-refractivity contribution in [3.05, 3.63) is 28.5 Å². The van der Waals surface area contributed by atoms with Gasteiger partial charge in [-0.15, -0.1) is 0 Å². The molecule has 0 radical (unpaired) electrons. The lowest BCUT2D eigenvalue weighted by molar-refractivity contribution is -0.141. The zero-order valence-electron chi connectivity index (χ0n) is 13.8. The van der Waals surface area contributed by atoms with Crippen molar-refractivity contribution in [1.29, 1.82) is 0 Å². The highest BCUT2D eigenvalue weighted by molar-refractivity contribution is 7.85. The standard InChI is InChI=1S/C15H18ClF3N2O4S/c1-26(23,24)25-8-9-2-4-11(5-3-9)21-14(22)12-6-10(16)7-20-13(12)15(17,18)19/h6-7,9,11H,2-5,8H2,1H3,(H,21,22). The SMILES string of the molecule is CS(=O)(=O)OCC1CCC(NC(=O)c2cc(Cl)cnc2C(F)(F)F)CC1. The smallest absolute Gasteiger partial charge is 0.349 e. The number of rotatable bonds is 5. The van der Waals surface area contributed by atoms with Crippen molar-refractivity contribution in [1.82, 2.24) is 10.3 Å². The fourth-order valence-electron chi connectivity index (χ4n) is 2.79. The van der Waals surface area contributed by atoms with Gasteiger partial charge in [0.25, 0.3) is 16.0 Å². The van der Waals surface area contributed by atoms with E-state index in [1.54, 1.807) is 0 Å². The average molecular weight is 415 g/mol. The van der Waals surface area contributed by atoms with Crippen LogP contribution in [0.3, 0.4) is 0 Å². The third kappa shape index (κ3) is 6.10. The number of halogens is 4. The number of carbonyl (C=O) groups is 1. The molecule has 11 heteroatoms. The molecule has 0 atom stereocenters. The van der Waals surface area contributed by atoms with E-state index in [0.29, 0.717) is 25.7 Å². The van der Waals surface area contributed by atoms with Crippen molar-refractivity contribution in [3.63, 3.8) is 0 Å². The third-order valence-electron chi connectivity index (χ3n) is 4.07. The summed E-state index contributed by atoms with van der Waals surface area (Å²) in [7, 11) is -3.51. The normalized spacial score (nSPS) is 21.4. The maximum atomic E-state index is 13.0. The number of pyridine rings is 1. The summed E-state index contributed by atoms with van der Waals surface area (Å²) in [6, 6.07) is 0.634. The van der Waals surface area contributed by atoms with Gasteiger partial charge in [0.2, 0.25) is 0 Å². The Morgan fingerprint density at radius 2 is 1.96 bits per heavy atom. The molecule has 1 N–H and O–H groups in total. The van der Waals surface area contributed by atoms with Gasteiger partial charge in [-0.25, -0.2) is 4.98 Å². The molecule has 0 aliphatic heterocycles. The summed E-state index contributed by atoms with van der Waals surface area (Å²) in [4.78, 5) is 15.5. The first-order chi connectivity index (χ1) is 12.0. The second-order valence-electron chi connectivity index (χ2n) is 6.23. The molecule has 1 aromatic heterocycles. The van der Waals surface area contributed by atoms with Crippen molar-refractivity contribution in [3.8, 4) is 0 Å². The summed E-state index contributed by atoms with van der Waals surface area (Å²) in [5.41, 5.74) is -1.90. The van der Waals surface area contributed by atoms with Crippen LogP contribution in [0.5, 0.6) is 0 Å². The molecule has 1 heterocycles. The summed E-state index contributed by atoms with van der Waals surface area (Å²) in [5.74, 6) is -0.861. The minimum atomic E-state index is -4.77. The molecule has 6 nitrogen and oxygen atoms in total. The van der Waals surface area contributed by atoms with Crippen LogP contribution in [0.1, 0.15) is 41.7 Å². The van der Waals surface area contributed by atoms with Gasteiger partial charge in [0.15, 0.2) is 5.69 Å². The van der Waals surface area contributed by atoms with Gasteiger partial charge >= 0.3 is 6.18 Å². The Morgan fingerprint density at radius 3 is 2.50 bits per heavy atom. The monoisotopic (exact) mass is 414 g/mol. The number of nitrogens with one attached hydrogen (secondary N) is 1. The maximum Gasteiger partial charge on any atom is 0.434 e. The van der Waals surface area contributed by atoms with Gasteiger partial charge < -0.3 is 5.32 Å². The number of hydrogen-bond acceptors (Lipinski definition) is 5. The van der Waals surface area contributed by atoms with Crippen LogP contribution in [-0.2, 0) is 20.5 Å². The number of amides is 1. The number of hydrogen-bond donors (Lipinski definition) is 1. The van der Waals surface area contributed by atoms with E-state index < -0.39 is 33.5 Å². The number of alkyl halides is 3. The Kier molecular flexibility index (Phi) is 6.51. The fourth-order valence-corrected chi connectivity index (χ4v) is 3.39. The Hall–Kier alpha value is -1.39. The second kappa shape index (κ2) is 8.10. The molecule has 1 aliphatic carbocycles. The van der Waals surface area contributed by atoms with Gasteiger partial charge in [-0.05, 0) is 37.7 Å². The van der Waals surface area contributed by atoms with Crippen LogP contribution in [0.4, 0.5) is 13.2 Å². The van der Waals surface area contributed by atoms with E-state index >= 15 is 0 Å². The summed E-state index contributed by atoms with van der Waals surface area (Å²) < 4.78 is 65.8. The van der Waals surface area contributed by atoms with E-state index in [9.17, 15) is 26.4 Å². The summed E-state index contributed by atoms with van der Waals surface area (Å²) in [6.07, 6.45) is -0.735. The molecule has 1 fully saturated rings. The van der Waals surface area contributed by atoms with Crippen LogP contribution < -0.4 is 5.32 Å². The zero-order valence-corrected chi connectivity index (χ0v) is 15.4. The van der Waals surface area contributed by atoms with Crippen molar-refractivity contribution < 1.29 is 30.6 Å². The van der Waals surface area contributed by atoms with Crippen LogP contribution in [-0.4, -0.2) is 38.2 Å². The van der Waals surface area contributed by atoms with Crippen molar-refractivity contribution in [2.75, 3.05) is 12.9 Å². The van der Waals surface area contributed by atoms with Gasteiger partial charge in [-0.2, -0.15) is 21.6 Å². The van der Waals surface area contributed by atoms with Crippen molar-refractivity contribution in [2.45, 2.75) is 37.9 Å². The van der Waals surface area contributed by atoms with E-state index in [0.717, 1.165) is 18.5 Å². The molecule has 0 aromatic carbocycles. The van der Waals surface area contributed by atoms with Crippen molar-refractivity contribution >= 4 is 27.6 Å². The van der Waals surface area contributed by atoms with E-state index in [1.807, 2.05) is 0 Å². The first-order valence-electron chi connectivity index (χ1n) is 7.83. The van der Waals surface area contributed by atoms with E-state index in [4.69, 9.17) is 15.8 Å². The lowest BCUT2D eigenvalue weighted by atomic mass is 9.86. The first-order valence-corrected chi connectivity index (χ1v) is 10.0. The molecule has 1 aromatic rings. The maximum absolute atomic E-state index is 13.0. The number of carbonyl (C=O) groups excluding carboxylic acids is 1. The summed E-state index contributed by atoms with van der Waals surface area (Å²) in [5, 5.41) is 2.51.